The summed E-state index contributed by atoms with van der Waals surface area (Å²) >= 11 is 0. The number of likely N-dealkylation sites (tertiary alicyclic amines) is 1. The van der Waals surface area contributed by atoms with Gasteiger partial charge in [0, 0.05) is 37.2 Å². The molecule has 1 aromatic heterocycles. The van der Waals surface area contributed by atoms with E-state index < -0.39 is 18.0 Å². The second kappa shape index (κ2) is 8.00. The molecular formula is C24H23FN4O4. The summed E-state index contributed by atoms with van der Waals surface area (Å²) in [6.45, 7) is 4.03. The Morgan fingerprint density at radius 2 is 1.88 bits per heavy atom. The molecular weight excluding hydrogens is 427 g/mol. The highest BCUT2D eigenvalue weighted by Crippen LogP contribution is 2.45. The van der Waals surface area contributed by atoms with Crippen molar-refractivity contribution in [1.29, 1.82) is 0 Å². The third kappa shape index (κ3) is 3.84. The molecule has 2 fully saturated rings. The molecule has 33 heavy (non-hydrogen) atoms. The Bertz CT molecular complexity index is 1200. The predicted molar refractivity (Wildman–Crippen MR) is 119 cm³/mol. The maximum atomic E-state index is 14.2. The first-order valence-corrected chi connectivity index (χ1v) is 10.6. The molecule has 1 unspecified atom stereocenters. The van der Waals surface area contributed by atoms with Gasteiger partial charge in [-0.05, 0) is 36.2 Å². The lowest BCUT2D eigenvalue weighted by atomic mass is 9.73. The highest BCUT2D eigenvalue weighted by atomic mass is 19.1. The van der Waals surface area contributed by atoms with Crippen LogP contribution in [0.2, 0.25) is 0 Å². The Labute approximate surface area is 189 Å². The molecule has 3 heterocycles. The van der Waals surface area contributed by atoms with Crippen LogP contribution in [0.15, 0.2) is 55.0 Å². The number of halogens is 1. The number of rotatable bonds is 5. The number of anilines is 1. The number of ether oxygens (including phenoxy) is 1. The zero-order valence-corrected chi connectivity index (χ0v) is 18.0. The average molecular weight is 450 g/mol. The van der Waals surface area contributed by atoms with Crippen LogP contribution in [0.4, 0.5) is 15.0 Å². The molecule has 9 heteroatoms. The third-order valence-corrected chi connectivity index (χ3v) is 6.20. The van der Waals surface area contributed by atoms with Gasteiger partial charge in [-0.25, -0.2) is 19.2 Å². The van der Waals surface area contributed by atoms with Gasteiger partial charge in [0.15, 0.2) is 11.6 Å². The molecule has 0 bridgehead atoms. The highest BCUT2D eigenvalue weighted by Gasteiger charge is 2.54. The molecule has 0 saturated carbocycles. The Balaban J connectivity index is 1.43. The van der Waals surface area contributed by atoms with E-state index in [1.165, 1.54) is 23.4 Å². The minimum absolute atomic E-state index is 0.0438. The summed E-state index contributed by atoms with van der Waals surface area (Å²) in [4.78, 5) is 23.0. The van der Waals surface area contributed by atoms with Crippen molar-refractivity contribution in [3.8, 4) is 22.6 Å². The first-order valence-electron chi connectivity index (χ1n) is 10.6. The molecule has 1 spiro atoms. The first kappa shape index (κ1) is 21.1. The number of aliphatic hydroxyl groups is 1. The number of aliphatic hydroxyl groups excluding tert-OH is 1. The van der Waals surface area contributed by atoms with Crippen molar-refractivity contribution in [2.75, 3.05) is 31.1 Å². The number of hydrogen-bond donors (Lipinski definition) is 2. The number of benzene rings is 2. The van der Waals surface area contributed by atoms with Gasteiger partial charge in [0.1, 0.15) is 17.9 Å². The van der Waals surface area contributed by atoms with Crippen molar-refractivity contribution in [1.82, 2.24) is 14.9 Å². The molecule has 2 aliphatic heterocycles. The Kier molecular flexibility index (Phi) is 5.13. The molecule has 0 radical (unpaired) electrons. The molecule has 1 atom stereocenters. The summed E-state index contributed by atoms with van der Waals surface area (Å²) < 4.78 is 20.4. The largest absolute Gasteiger partial charge is 0.465 e. The van der Waals surface area contributed by atoms with Crippen LogP contribution in [-0.4, -0.2) is 57.4 Å². The van der Waals surface area contributed by atoms with Gasteiger partial charge in [0.05, 0.1) is 12.3 Å². The van der Waals surface area contributed by atoms with Gasteiger partial charge in [-0.3, -0.25) is 0 Å². The molecule has 3 aromatic rings. The monoisotopic (exact) mass is 450 g/mol. The maximum absolute atomic E-state index is 14.2. The minimum atomic E-state index is -0.897. The minimum Gasteiger partial charge on any atom is -0.465 e. The van der Waals surface area contributed by atoms with Gasteiger partial charge >= 0.3 is 6.09 Å². The van der Waals surface area contributed by atoms with Crippen LogP contribution in [0, 0.1) is 11.2 Å². The van der Waals surface area contributed by atoms with Crippen molar-refractivity contribution >= 4 is 11.9 Å². The van der Waals surface area contributed by atoms with Gasteiger partial charge in [-0.15, -0.1) is 0 Å². The SMILES string of the molecule is CC(O)c1ccccc1-c1cc(F)ccc1Oc1cncnc1N1CC2(CN(C(=O)O)C2)C1. The van der Waals surface area contributed by atoms with E-state index in [1.807, 2.05) is 23.1 Å². The summed E-state index contributed by atoms with van der Waals surface area (Å²) in [6, 6.07) is 11.5. The van der Waals surface area contributed by atoms with Crippen molar-refractivity contribution in [2.24, 2.45) is 5.41 Å². The fourth-order valence-corrected chi connectivity index (χ4v) is 4.66. The average Bonchev–Trinajstić information content (AvgIpc) is 2.74. The van der Waals surface area contributed by atoms with Gasteiger partial charge < -0.3 is 24.7 Å². The van der Waals surface area contributed by atoms with Gasteiger partial charge in [0.2, 0.25) is 0 Å². The van der Waals surface area contributed by atoms with E-state index in [9.17, 15) is 14.3 Å². The van der Waals surface area contributed by atoms with E-state index >= 15 is 0 Å². The van der Waals surface area contributed by atoms with Crippen LogP contribution in [0.3, 0.4) is 0 Å². The van der Waals surface area contributed by atoms with E-state index in [1.54, 1.807) is 25.3 Å². The van der Waals surface area contributed by atoms with Crippen LogP contribution in [-0.2, 0) is 0 Å². The smallest absolute Gasteiger partial charge is 0.407 e. The normalized spacial score (nSPS) is 17.3. The van der Waals surface area contributed by atoms with Crippen LogP contribution in [0.5, 0.6) is 11.5 Å². The van der Waals surface area contributed by atoms with Gasteiger partial charge in [-0.2, -0.15) is 0 Å². The predicted octanol–water partition coefficient (Wildman–Crippen LogP) is 3.93. The Morgan fingerprint density at radius 1 is 1.12 bits per heavy atom. The highest BCUT2D eigenvalue weighted by molar-refractivity contribution is 5.75. The molecule has 8 nitrogen and oxygen atoms in total. The van der Waals surface area contributed by atoms with Crippen LogP contribution in [0.25, 0.3) is 11.1 Å². The zero-order valence-electron chi connectivity index (χ0n) is 18.0. The lowest BCUT2D eigenvalue weighted by molar-refractivity contribution is -0.00990. The standard InChI is InChI=1S/C24H23FN4O4/c1-15(30)17-4-2-3-5-18(17)19-8-16(25)6-7-20(19)33-21-9-26-14-27-22(21)28-10-24(11-28)12-29(13-24)23(31)32/h2-9,14-15,30H,10-13H2,1H3,(H,31,32). The summed E-state index contributed by atoms with van der Waals surface area (Å²) in [5.41, 5.74) is 1.80. The number of carboxylic acid groups (broad SMARTS) is 1. The topological polar surface area (TPSA) is 99.0 Å². The van der Waals surface area contributed by atoms with E-state index in [0.29, 0.717) is 60.2 Å². The summed E-state index contributed by atoms with van der Waals surface area (Å²) in [6.07, 6.45) is 1.36. The molecule has 170 valence electrons. The Hall–Kier alpha value is -3.72. The van der Waals surface area contributed by atoms with Crippen LogP contribution in [0.1, 0.15) is 18.6 Å². The maximum Gasteiger partial charge on any atom is 0.407 e. The van der Waals surface area contributed by atoms with Crippen molar-refractivity contribution in [3.05, 3.63) is 66.4 Å². The lowest BCUT2D eigenvalue weighted by Gasteiger charge is -2.59. The van der Waals surface area contributed by atoms with E-state index in [2.05, 4.69) is 9.97 Å². The van der Waals surface area contributed by atoms with Crippen LogP contribution < -0.4 is 9.64 Å². The molecule has 2 N–H and O–H groups in total. The van der Waals surface area contributed by atoms with Crippen molar-refractivity contribution < 1.29 is 24.1 Å². The lowest BCUT2D eigenvalue weighted by Crippen LogP contribution is -2.73. The fraction of sp³-hybridized carbons (Fsp3) is 0.292. The number of hydrogen-bond acceptors (Lipinski definition) is 6. The van der Waals surface area contributed by atoms with Gasteiger partial charge in [0.25, 0.3) is 0 Å². The number of amides is 1. The summed E-state index contributed by atoms with van der Waals surface area (Å²) in [5, 5.41) is 19.3. The second-order valence-electron chi connectivity index (χ2n) is 8.71. The number of aromatic nitrogens is 2. The summed E-state index contributed by atoms with van der Waals surface area (Å²) in [5.74, 6) is 1.02. The molecule has 5 rings (SSSR count). The second-order valence-corrected chi connectivity index (χ2v) is 8.71. The molecule has 1 amide bonds. The number of nitrogens with zero attached hydrogens (tertiary/aromatic N) is 4. The first-order chi connectivity index (χ1) is 15.8. The molecule has 2 saturated heterocycles. The quantitative estimate of drug-likeness (QED) is 0.608. The fourth-order valence-electron chi connectivity index (χ4n) is 4.66. The number of carbonyl (C=O) groups is 1. The molecule has 2 aliphatic rings. The van der Waals surface area contributed by atoms with Crippen molar-refractivity contribution in [3.63, 3.8) is 0 Å². The third-order valence-electron chi connectivity index (χ3n) is 6.20. The summed E-state index contributed by atoms with van der Waals surface area (Å²) in [7, 11) is 0. The molecule has 0 aliphatic carbocycles. The Morgan fingerprint density at radius 3 is 2.61 bits per heavy atom. The van der Waals surface area contributed by atoms with Gasteiger partial charge in [-0.1, -0.05) is 24.3 Å². The van der Waals surface area contributed by atoms with E-state index in [0.717, 1.165) is 0 Å². The van der Waals surface area contributed by atoms with Crippen LogP contribution >= 0.6 is 0 Å². The van der Waals surface area contributed by atoms with E-state index in [-0.39, 0.29) is 5.41 Å². The molecule has 2 aromatic carbocycles. The van der Waals surface area contributed by atoms with E-state index in [4.69, 9.17) is 9.84 Å². The van der Waals surface area contributed by atoms with Crippen molar-refractivity contribution in [2.45, 2.75) is 13.0 Å². The zero-order chi connectivity index (χ0) is 23.2.